The summed E-state index contributed by atoms with van der Waals surface area (Å²) in [6, 6.07) is 9.39. The fourth-order valence-electron chi connectivity index (χ4n) is 4.82. The molecule has 32 heavy (non-hydrogen) atoms. The Bertz CT molecular complexity index is 1120. The first-order chi connectivity index (χ1) is 15.6. The Kier molecular flexibility index (Phi) is 5.13. The number of nitrogens with zero attached hydrogens (tertiary/aromatic N) is 4. The van der Waals surface area contributed by atoms with Gasteiger partial charge in [-0.2, -0.15) is 5.10 Å². The number of pyridine rings is 1. The lowest BCUT2D eigenvalue weighted by molar-refractivity contribution is -0.127. The monoisotopic (exact) mass is 431 g/mol. The number of carbonyl (C=O) groups excluding carboxylic acids is 2. The number of ether oxygens (including phenoxy) is 1. The average Bonchev–Trinajstić information content (AvgIpc) is 3.49. The number of hydrogen-bond donors (Lipinski definition) is 1. The summed E-state index contributed by atoms with van der Waals surface area (Å²) in [5.41, 5.74) is 2.89. The molecule has 2 saturated heterocycles. The SMILES string of the molecule is COc1cc(N2CCC3(CCN(C(=O)c4cccnc4)CC3)C2=O)ccc1-c1cn[nH]c1. The van der Waals surface area contributed by atoms with E-state index >= 15 is 0 Å². The van der Waals surface area contributed by atoms with Crippen LogP contribution >= 0.6 is 0 Å². The van der Waals surface area contributed by atoms with Gasteiger partial charge in [0.1, 0.15) is 5.75 Å². The minimum Gasteiger partial charge on any atom is -0.496 e. The number of rotatable bonds is 4. The smallest absolute Gasteiger partial charge is 0.255 e. The zero-order valence-electron chi connectivity index (χ0n) is 18.0. The molecule has 0 unspecified atom stereocenters. The minimum atomic E-state index is -0.401. The van der Waals surface area contributed by atoms with E-state index in [4.69, 9.17) is 4.74 Å². The Hall–Kier alpha value is -3.68. The lowest BCUT2D eigenvalue weighted by atomic mass is 9.77. The van der Waals surface area contributed by atoms with E-state index in [2.05, 4.69) is 15.2 Å². The summed E-state index contributed by atoms with van der Waals surface area (Å²) in [5, 5.41) is 6.82. The van der Waals surface area contributed by atoms with Crippen molar-refractivity contribution in [3.8, 4) is 16.9 Å². The normalized spacial score (nSPS) is 17.7. The van der Waals surface area contributed by atoms with E-state index in [0.717, 1.165) is 23.2 Å². The first kappa shape index (κ1) is 20.2. The molecule has 2 fully saturated rings. The predicted molar refractivity (Wildman–Crippen MR) is 119 cm³/mol. The van der Waals surface area contributed by atoms with E-state index in [1.54, 1.807) is 37.8 Å². The van der Waals surface area contributed by atoms with Crippen molar-refractivity contribution in [1.82, 2.24) is 20.1 Å². The molecule has 1 N–H and O–H groups in total. The van der Waals surface area contributed by atoms with Gasteiger partial charge in [0.15, 0.2) is 0 Å². The number of nitrogens with one attached hydrogen (secondary N) is 1. The van der Waals surface area contributed by atoms with E-state index in [-0.39, 0.29) is 11.8 Å². The fraction of sp³-hybridized carbons (Fsp3) is 0.333. The van der Waals surface area contributed by atoms with Gasteiger partial charge < -0.3 is 14.5 Å². The lowest BCUT2D eigenvalue weighted by Gasteiger charge is -2.38. The van der Waals surface area contributed by atoms with Crippen LogP contribution in [0.15, 0.2) is 55.1 Å². The van der Waals surface area contributed by atoms with Crippen molar-refractivity contribution >= 4 is 17.5 Å². The van der Waals surface area contributed by atoms with Crippen molar-refractivity contribution in [2.24, 2.45) is 5.41 Å². The number of methoxy groups -OCH3 is 1. The van der Waals surface area contributed by atoms with Crippen LogP contribution in [0.2, 0.25) is 0 Å². The van der Waals surface area contributed by atoms with Crippen molar-refractivity contribution in [2.75, 3.05) is 31.6 Å². The zero-order valence-corrected chi connectivity index (χ0v) is 18.0. The van der Waals surface area contributed by atoms with Crippen LogP contribution in [-0.4, -0.2) is 58.6 Å². The maximum Gasteiger partial charge on any atom is 0.255 e. The van der Waals surface area contributed by atoms with Gasteiger partial charge in [0.05, 0.1) is 24.3 Å². The van der Waals surface area contributed by atoms with Crippen LogP contribution in [0.1, 0.15) is 29.6 Å². The standard InChI is InChI=1S/C24H25N5O3/c1-32-21-13-19(4-5-20(21)18-15-26-27-16-18)29-12-8-24(23(29)31)6-10-28(11-7-24)22(30)17-3-2-9-25-14-17/h2-5,9,13-16H,6-8,10-12H2,1H3,(H,26,27). The molecular formula is C24H25N5O3. The van der Waals surface area contributed by atoms with E-state index in [1.807, 2.05) is 34.2 Å². The van der Waals surface area contributed by atoms with Crippen LogP contribution in [0.3, 0.4) is 0 Å². The Morgan fingerprint density at radius 3 is 2.62 bits per heavy atom. The summed E-state index contributed by atoms with van der Waals surface area (Å²) in [6.45, 7) is 1.83. The molecule has 8 nitrogen and oxygen atoms in total. The summed E-state index contributed by atoms with van der Waals surface area (Å²) in [5.74, 6) is 0.827. The largest absolute Gasteiger partial charge is 0.496 e. The first-order valence-electron chi connectivity index (χ1n) is 10.8. The number of anilines is 1. The van der Waals surface area contributed by atoms with Crippen LogP contribution in [0.5, 0.6) is 5.75 Å². The van der Waals surface area contributed by atoms with E-state index in [1.165, 1.54) is 0 Å². The van der Waals surface area contributed by atoms with E-state index < -0.39 is 5.41 Å². The van der Waals surface area contributed by atoms with Crippen molar-refractivity contribution in [3.63, 3.8) is 0 Å². The molecule has 0 atom stereocenters. The molecule has 4 heterocycles. The maximum atomic E-state index is 13.5. The number of benzene rings is 1. The molecule has 3 aromatic rings. The number of aromatic amines is 1. The van der Waals surface area contributed by atoms with Gasteiger partial charge in [-0.25, -0.2) is 0 Å². The van der Waals surface area contributed by atoms with Crippen LogP contribution in [0.25, 0.3) is 11.1 Å². The summed E-state index contributed by atoms with van der Waals surface area (Å²) in [6.07, 6.45) is 8.96. The Balaban J connectivity index is 1.31. The Labute approximate surface area is 186 Å². The van der Waals surface area contributed by atoms with Crippen LogP contribution in [-0.2, 0) is 4.79 Å². The summed E-state index contributed by atoms with van der Waals surface area (Å²) < 4.78 is 5.60. The minimum absolute atomic E-state index is 0.0187. The second kappa shape index (κ2) is 8.11. The predicted octanol–water partition coefficient (Wildman–Crippen LogP) is 3.14. The number of amides is 2. The third-order valence-electron chi connectivity index (χ3n) is 6.74. The molecule has 1 aromatic carbocycles. The molecule has 0 radical (unpaired) electrons. The Morgan fingerprint density at radius 1 is 1.12 bits per heavy atom. The van der Waals surface area contributed by atoms with Gasteiger partial charge in [0.2, 0.25) is 5.91 Å². The second-order valence-corrected chi connectivity index (χ2v) is 8.39. The number of aromatic nitrogens is 3. The molecule has 0 bridgehead atoms. The highest BCUT2D eigenvalue weighted by molar-refractivity contribution is 6.01. The number of hydrogen-bond acceptors (Lipinski definition) is 5. The van der Waals surface area contributed by atoms with Gasteiger partial charge in [0, 0.05) is 61.1 Å². The molecular weight excluding hydrogens is 406 g/mol. The van der Waals surface area contributed by atoms with Crippen molar-refractivity contribution in [1.29, 1.82) is 0 Å². The fourth-order valence-corrected chi connectivity index (χ4v) is 4.82. The van der Waals surface area contributed by atoms with E-state index in [9.17, 15) is 9.59 Å². The second-order valence-electron chi connectivity index (χ2n) is 8.39. The Morgan fingerprint density at radius 2 is 1.94 bits per heavy atom. The highest BCUT2D eigenvalue weighted by Crippen LogP contribution is 2.44. The van der Waals surface area contributed by atoms with Gasteiger partial charge in [-0.3, -0.25) is 19.7 Å². The topological polar surface area (TPSA) is 91.4 Å². The summed E-state index contributed by atoms with van der Waals surface area (Å²) in [4.78, 5) is 34.0. The maximum absolute atomic E-state index is 13.5. The third kappa shape index (κ3) is 3.41. The lowest BCUT2D eigenvalue weighted by Crippen LogP contribution is -2.46. The van der Waals surface area contributed by atoms with Gasteiger partial charge in [-0.05, 0) is 43.5 Å². The molecule has 2 aliphatic rings. The van der Waals surface area contributed by atoms with Gasteiger partial charge in [0.25, 0.3) is 5.91 Å². The highest BCUT2D eigenvalue weighted by Gasteiger charge is 2.49. The van der Waals surface area contributed by atoms with Crippen molar-refractivity contribution in [2.45, 2.75) is 19.3 Å². The van der Waals surface area contributed by atoms with Gasteiger partial charge in [-0.1, -0.05) is 0 Å². The molecule has 5 rings (SSSR count). The van der Waals surface area contributed by atoms with Crippen LogP contribution in [0.4, 0.5) is 5.69 Å². The molecule has 0 aliphatic carbocycles. The molecule has 8 heteroatoms. The molecule has 164 valence electrons. The van der Waals surface area contributed by atoms with E-state index in [0.29, 0.717) is 43.8 Å². The molecule has 2 amide bonds. The van der Waals surface area contributed by atoms with Crippen LogP contribution in [0, 0.1) is 5.41 Å². The number of likely N-dealkylation sites (tertiary alicyclic amines) is 1. The number of carbonyl (C=O) groups is 2. The zero-order chi connectivity index (χ0) is 22.1. The molecule has 2 aromatic heterocycles. The third-order valence-corrected chi connectivity index (χ3v) is 6.74. The number of H-pyrrole nitrogens is 1. The van der Waals surface area contributed by atoms with Crippen molar-refractivity contribution < 1.29 is 14.3 Å². The quantitative estimate of drug-likeness (QED) is 0.685. The molecule has 2 aliphatic heterocycles. The summed E-state index contributed by atoms with van der Waals surface area (Å²) in [7, 11) is 1.63. The molecule has 1 spiro atoms. The average molecular weight is 431 g/mol. The molecule has 0 saturated carbocycles. The first-order valence-corrected chi connectivity index (χ1v) is 10.8. The number of piperidine rings is 1. The van der Waals surface area contributed by atoms with Gasteiger partial charge >= 0.3 is 0 Å². The highest BCUT2D eigenvalue weighted by atomic mass is 16.5. The van der Waals surface area contributed by atoms with Gasteiger partial charge in [-0.15, -0.1) is 0 Å². The van der Waals surface area contributed by atoms with Crippen molar-refractivity contribution in [3.05, 3.63) is 60.7 Å². The van der Waals surface area contributed by atoms with Crippen LogP contribution < -0.4 is 9.64 Å². The summed E-state index contributed by atoms with van der Waals surface area (Å²) >= 11 is 0.